The van der Waals surface area contributed by atoms with E-state index < -0.39 is 6.04 Å². The molecule has 2 aromatic carbocycles. The van der Waals surface area contributed by atoms with Crippen molar-refractivity contribution in [3.05, 3.63) is 71.8 Å². The van der Waals surface area contributed by atoms with Gasteiger partial charge in [-0.1, -0.05) is 68.0 Å². The van der Waals surface area contributed by atoms with E-state index in [-0.39, 0.29) is 24.0 Å². The SMILES string of the molecule is C=Cc1cccc(C[C@H](NC(=O)N2CCC(N3Cc4ccccc4NC3=O)CC2)C(=O)N2CCC(N3CCCCCC3)CC2)c1. The Labute approximate surface area is 267 Å². The first-order valence-corrected chi connectivity index (χ1v) is 16.9. The molecule has 4 aliphatic heterocycles. The lowest BCUT2D eigenvalue weighted by Crippen LogP contribution is -2.57. The summed E-state index contributed by atoms with van der Waals surface area (Å²) in [6.07, 6.45) is 10.8. The lowest BCUT2D eigenvalue weighted by atomic mass is 9.99. The quantitative estimate of drug-likeness (QED) is 0.443. The highest BCUT2D eigenvalue weighted by molar-refractivity contribution is 5.92. The Kier molecular flexibility index (Phi) is 10.0. The van der Waals surface area contributed by atoms with Gasteiger partial charge < -0.3 is 30.2 Å². The molecule has 0 bridgehead atoms. The molecular formula is C36H48N6O3. The lowest BCUT2D eigenvalue weighted by molar-refractivity contribution is -0.134. The molecular weight excluding hydrogens is 564 g/mol. The van der Waals surface area contributed by atoms with Gasteiger partial charge in [0.25, 0.3) is 0 Å². The molecule has 9 nitrogen and oxygen atoms in total. The van der Waals surface area contributed by atoms with Crippen LogP contribution >= 0.6 is 0 Å². The van der Waals surface area contributed by atoms with Gasteiger partial charge in [0.15, 0.2) is 0 Å². The highest BCUT2D eigenvalue weighted by atomic mass is 16.2. The molecule has 0 aromatic heterocycles. The van der Waals surface area contributed by atoms with Crippen molar-refractivity contribution in [2.45, 2.75) is 82.5 Å². The molecule has 45 heavy (non-hydrogen) atoms. The third-order valence-electron chi connectivity index (χ3n) is 10.2. The minimum Gasteiger partial charge on any atom is -0.341 e. The van der Waals surface area contributed by atoms with Crippen molar-refractivity contribution in [2.75, 3.05) is 44.6 Å². The Morgan fingerprint density at radius 1 is 0.867 bits per heavy atom. The second-order valence-electron chi connectivity index (χ2n) is 13.1. The highest BCUT2D eigenvalue weighted by Crippen LogP contribution is 2.28. The monoisotopic (exact) mass is 612 g/mol. The molecule has 2 N–H and O–H groups in total. The second-order valence-corrected chi connectivity index (χ2v) is 13.1. The maximum Gasteiger partial charge on any atom is 0.322 e. The molecule has 3 fully saturated rings. The Balaban J connectivity index is 1.08. The van der Waals surface area contributed by atoms with Crippen molar-refractivity contribution < 1.29 is 14.4 Å². The topological polar surface area (TPSA) is 88.2 Å². The zero-order chi connectivity index (χ0) is 31.2. The van der Waals surface area contributed by atoms with Crippen molar-refractivity contribution in [1.82, 2.24) is 24.9 Å². The number of likely N-dealkylation sites (tertiary alicyclic amines) is 3. The van der Waals surface area contributed by atoms with Gasteiger partial charge in [-0.15, -0.1) is 0 Å². The van der Waals surface area contributed by atoms with Crippen molar-refractivity contribution in [3.63, 3.8) is 0 Å². The van der Waals surface area contributed by atoms with E-state index in [0.29, 0.717) is 44.9 Å². The minimum absolute atomic E-state index is 0.000196. The molecule has 0 radical (unpaired) electrons. The lowest BCUT2D eigenvalue weighted by Gasteiger charge is -2.41. The van der Waals surface area contributed by atoms with Crippen molar-refractivity contribution in [1.29, 1.82) is 0 Å². The molecule has 0 unspecified atom stereocenters. The number of nitrogens with one attached hydrogen (secondary N) is 2. The molecule has 9 heteroatoms. The number of anilines is 1. The van der Waals surface area contributed by atoms with Gasteiger partial charge in [-0.25, -0.2) is 9.59 Å². The van der Waals surface area contributed by atoms with Crippen LogP contribution in [0, 0.1) is 0 Å². The van der Waals surface area contributed by atoms with E-state index in [1.54, 1.807) is 11.0 Å². The summed E-state index contributed by atoms with van der Waals surface area (Å²) in [6, 6.07) is 15.6. The number of fused-ring (bicyclic) bond motifs is 1. The van der Waals surface area contributed by atoms with Gasteiger partial charge in [-0.2, -0.15) is 0 Å². The predicted octanol–water partition coefficient (Wildman–Crippen LogP) is 5.33. The fourth-order valence-corrected chi connectivity index (χ4v) is 7.55. The van der Waals surface area contributed by atoms with Crippen LogP contribution < -0.4 is 10.6 Å². The van der Waals surface area contributed by atoms with Gasteiger partial charge in [-0.05, 0) is 74.4 Å². The summed E-state index contributed by atoms with van der Waals surface area (Å²) in [5.41, 5.74) is 3.97. The number of hydrogen-bond acceptors (Lipinski definition) is 4. The number of piperidine rings is 2. The van der Waals surface area contributed by atoms with Crippen LogP contribution in [0.2, 0.25) is 0 Å². The Morgan fingerprint density at radius 2 is 1.56 bits per heavy atom. The molecule has 4 aliphatic rings. The van der Waals surface area contributed by atoms with E-state index >= 15 is 0 Å². The number of urea groups is 2. The zero-order valence-corrected chi connectivity index (χ0v) is 26.5. The predicted molar refractivity (Wildman–Crippen MR) is 178 cm³/mol. The molecule has 0 spiro atoms. The van der Waals surface area contributed by atoms with Gasteiger partial charge in [0.05, 0.1) is 0 Å². The Hall–Kier alpha value is -3.85. The Morgan fingerprint density at radius 3 is 2.29 bits per heavy atom. The van der Waals surface area contributed by atoms with E-state index in [1.807, 2.05) is 58.3 Å². The van der Waals surface area contributed by atoms with E-state index in [0.717, 1.165) is 48.3 Å². The molecule has 2 aromatic rings. The summed E-state index contributed by atoms with van der Waals surface area (Å²) in [5.74, 6) is 0.000196. The van der Waals surface area contributed by atoms with E-state index in [2.05, 4.69) is 22.1 Å². The standard InChI is InChI=1S/C36H48N6O3/c1-2-27-10-9-11-28(24-27)25-33(34(43)40-20-14-30(15-21-40)39-18-7-3-4-8-19-39)38-35(44)41-22-16-31(17-23-41)42-26-29-12-5-6-13-32(29)37-36(42)45/h2,5-6,9-13,24,30-31,33H,1,3-4,7-8,14-23,25-26H2,(H,37,45)(H,38,44)/t33-/m0/s1. The van der Waals surface area contributed by atoms with Crippen LogP contribution in [0.3, 0.4) is 0 Å². The van der Waals surface area contributed by atoms with Gasteiger partial charge >= 0.3 is 12.1 Å². The average Bonchev–Trinajstić information content (AvgIpc) is 3.37. The number of carbonyl (C=O) groups is 3. The van der Waals surface area contributed by atoms with Crippen LogP contribution in [-0.4, -0.2) is 95.0 Å². The molecule has 0 aliphatic carbocycles. The van der Waals surface area contributed by atoms with Crippen LogP contribution in [0.4, 0.5) is 15.3 Å². The first kappa shape index (κ1) is 31.1. The number of nitrogens with zero attached hydrogens (tertiary/aromatic N) is 4. The molecule has 4 heterocycles. The van der Waals surface area contributed by atoms with E-state index in [9.17, 15) is 14.4 Å². The summed E-state index contributed by atoms with van der Waals surface area (Å²) >= 11 is 0. The molecule has 240 valence electrons. The summed E-state index contributed by atoms with van der Waals surface area (Å²) in [7, 11) is 0. The van der Waals surface area contributed by atoms with Crippen LogP contribution in [0.15, 0.2) is 55.1 Å². The molecule has 1 atom stereocenters. The number of carbonyl (C=O) groups excluding carboxylic acids is 3. The first-order valence-electron chi connectivity index (χ1n) is 16.9. The van der Waals surface area contributed by atoms with Crippen molar-refractivity contribution in [3.8, 4) is 0 Å². The van der Waals surface area contributed by atoms with E-state index in [1.165, 1.54) is 38.8 Å². The van der Waals surface area contributed by atoms with Gasteiger partial charge in [0, 0.05) is 56.9 Å². The number of hydrogen-bond donors (Lipinski definition) is 2. The largest absolute Gasteiger partial charge is 0.341 e. The first-order chi connectivity index (χ1) is 22.0. The van der Waals surface area contributed by atoms with Crippen LogP contribution in [-0.2, 0) is 17.8 Å². The van der Waals surface area contributed by atoms with Gasteiger partial charge in [-0.3, -0.25) is 4.79 Å². The normalized spacial score (nSPS) is 21.0. The summed E-state index contributed by atoms with van der Waals surface area (Å²) < 4.78 is 0. The average molecular weight is 613 g/mol. The number of benzene rings is 2. The summed E-state index contributed by atoms with van der Waals surface area (Å²) in [4.78, 5) is 48.8. The fourth-order valence-electron chi connectivity index (χ4n) is 7.55. The Bertz CT molecular complexity index is 1360. The molecule has 5 amide bonds. The fraction of sp³-hybridized carbons (Fsp3) is 0.528. The van der Waals surface area contributed by atoms with Gasteiger partial charge in [0.2, 0.25) is 5.91 Å². The van der Waals surface area contributed by atoms with E-state index in [4.69, 9.17) is 0 Å². The highest BCUT2D eigenvalue weighted by Gasteiger charge is 2.35. The minimum atomic E-state index is -0.644. The smallest absolute Gasteiger partial charge is 0.322 e. The zero-order valence-electron chi connectivity index (χ0n) is 26.5. The number of para-hydroxylation sites is 1. The molecule has 6 rings (SSSR count). The van der Waals surface area contributed by atoms with Gasteiger partial charge in [0.1, 0.15) is 6.04 Å². The third kappa shape index (κ3) is 7.52. The number of rotatable bonds is 7. The molecule has 3 saturated heterocycles. The third-order valence-corrected chi connectivity index (χ3v) is 10.2. The van der Waals surface area contributed by atoms with Crippen molar-refractivity contribution >= 4 is 29.7 Å². The maximum absolute atomic E-state index is 14.0. The van der Waals surface area contributed by atoms with Crippen molar-refractivity contribution in [2.24, 2.45) is 0 Å². The second kappa shape index (κ2) is 14.5. The van der Waals surface area contributed by atoms with Crippen LogP contribution in [0.25, 0.3) is 6.08 Å². The van der Waals surface area contributed by atoms with Crippen LogP contribution in [0.1, 0.15) is 68.1 Å². The summed E-state index contributed by atoms with van der Waals surface area (Å²) in [5, 5.41) is 6.14. The molecule has 0 saturated carbocycles. The van der Waals surface area contributed by atoms with Crippen LogP contribution in [0.5, 0.6) is 0 Å². The maximum atomic E-state index is 14.0. The number of amides is 5. The summed E-state index contributed by atoms with van der Waals surface area (Å²) in [6.45, 7) is 9.34.